The lowest BCUT2D eigenvalue weighted by Gasteiger charge is -2.15. The number of hydrogen-bond acceptors (Lipinski definition) is 4. The summed E-state index contributed by atoms with van der Waals surface area (Å²) in [5.74, 6) is 1.27. The largest absolute Gasteiger partial charge is 0.488 e. The van der Waals surface area contributed by atoms with E-state index in [1.54, 1.807) is 12.1 Å². The molecule has 1 unspecified atom stereocenters. The molecule has 0 aromatic heterocycles. The Morgan fingerprint density at radius 1 is 1.47 bits per heavy atom. The molecule has 4 nitrogen and oxygen atoms in total. The van der Waals surface area contributed by atoms with Gasteiger partial charge in [-0.05, 0) is 37.0 Å². The van der Waals surface area contributed by atoms with Crippen molar-refractivity contribution in [3.8, 4) is 5.75 Å². The monoisotopic (exact) mass is 282 g/mol. The fourth-order valence-electron chi connectivity index (χ4n) is 1.67. The van der Waals surface area contributed by atoms with E-state index in [2.05, 4.69) is 19.2 Å². The Kier molecular flexibility index (Phi) is 4.04. The molecule has 1 fully saturated rings. The second-order valence-electron chi connectivity index (χ2n) is 5.59. The van der Waals surface area contributed by atoms with E-state index in [9.17, 15) is 4.21 Å². The van der Waals surface area contributed by atoms with Crippen LogP contribution in [0.1, 0.15) is 26.7 Å². The Morgan fingerprint density at radius 3 is 2.68 bits per heavy atom. The van der Waals surface area contributed by atoms with E-state index in [1.807, 2.05) is 6.07 Å². The molecule has 19 heavy (non-hydrogen) atoms. The molecule has 0 heterocycles. The Bertz CT molecular complexity index is 549. The van der Waals surface area contributed by atoms with Crippen molar-refractivity contribution >= 4 is 15.4 Å². The summed E-state index contributed by atoms with van der Waals surface area (Å²) in [4.78, 5) is 0.526. The standard InChI is InChI=1S/C14H22N2O2S/c1-10(2)9-16-13-7-6-12(19(3,15)17)8-14(13)18-11-4-5-11/h6-8,10-11,15-16H,4-5,9H2,1-3H3. The van der Waals surface area contributed by atoms with Crippen molar-refractivity contribution in [3.63, 3.8) is 0 Å². The molecule has 1 aromatic rings. The third-order valence-electron chi connectivity index (χ3n) is 2.92. The van der Waals surface area contributed by atoms with Gasteiger partial charge in [0.25, 0.3) is 0 Å². The summed E-state index contributed by atoms with van der Waals surface area (Å²) in [6, 6.07) is 5.36. The van der Waals surface area contributed by atoms with Gasteiger partial charge >= 0.3 is 0 Å². The van der Waals surface area contributed by atoms with Crippen molar-refractivity contribution in [2.24, 2.45) is 5.92 Å². The molecule has 0 aliphatic heterocycles. The first-order valence-corrected chi connectivity index (χ1v) is 8.61. The highest BCUT2D eigenvalue weighted by Gasteiger charge is 2.25. The highest BCUT2D eigenvalue weighted by Crippen LogP contribution is 2.34. The van der Waals surface area contributed by atoms with Crippen molar-refractivity contribution < 1.29 is 8.95 Å². The van der Waals surface area contributed by atoms with Crippen molar-refractivity contribution in [3.05, 3.63) is 18.2 Å². The van der Waals surface area contributed by atoms with Gasteiger partial charge in [-0.15, -0.1) is 0 Å². The lowest BCUT2D eigenvalue weighted by molar-refractivity contribution is 0.304. The van der Waals surface area contributed by atoms with Crippen LogP contribution in [0.5, 0.6) is 5.75 Å². The van der Waals surface area contributed by atoms with Crippen LogP contribution in [0.3, 0.4) is 0 Å². The molecule has 1 atom stereocenters. The molecule has 1 aliphatic carbocycles. The van der Waals surface area contributed by atoms with Gasteiger partial charge in [0.1, 0.15) is 5.75 Å². The van der Waals surface area contributed by atoms with E-state index in [4.69, 9.17) is 9.52 Å². The first-order valence-electron chi connectivity index (χ1n) is 6.64. The van der Waals surface area contributed by atoms with Crippen molar-refractivity contribution in [2.45, 2.75) is 37.7 Å². The Labute approximate surface area is 115 Å². The van der Waals surface area contributed by atoms with Gasteiger partial charge in [-0.3, -0.25) is 0 Å². The highest BCUT2D eigenvalue weighted by molar-refractivity contribution is 7.91. The molecule has 1 aromatic carbocycles. The second kappa shape index (κ2) is 5.41. The van der Waals surface area contributed by atoms with Crippen LogP contribution < -0.4 is 10.1 Å². The Morgan fingerprint density at radius 2 is 2.16 bits per heavy atom. The molecule has 0 bridgehead atoms. The minimum atomic E-state index is -2.70. The molecule has 0 spiro atoms. The summed E-state index contributed by atoms with van der Waals surface area (Å²) >= 11 is 0. The van der Waals surface area contributed by atoms with Gasteiger partial charge < -0.3 is 10.1 Å². The molecule has 2 N–H and O–H groups in total. The predicted octanol–water partition coefficient (Wildman–Crippen LogP) is 3.33. The van der Waals surface area contributed by atoms with Crippen molar-refractivity contribution in [2.75, 3.05) is 18.1 Å². The maximum Gasteiger partial charge on any atom is 0.144 e. The Hall–Kier alpha value is -1.23. The summed E-state index contributed by atoms with van der Waals surface area (Å²) in [7, 11) is -2.70. The summed E-state index contributed by atoms with van der Waals surface area (Å²) in [5, 5.41) is 3.35. The van der Waals surface area contributed by atoms with Crippen molar-refractivity contribution in [1.29, 1.82) is 4.78 Å². The molecule has 0 saturated heterocycles. The second-order valence-corrected chi connectivity index (χ2v) is 7.75. The minimum absolute atomic E-state index is 0.286. The van der Waals surface area contributed by atoms with Gasteiger partial charge in [0, 0.05) is 12.8 Å². The smallest absolute Gasteiger partial charge is 0.144 e. The summed E-state index contributed by atoms with van der Waals surface area (Å²) in [6.45, 7) is 5.15. The number of rotatable bonds is 6. The van der Waals surface area contributed by atoms with Crippen LogP contribution in [0.25, 0.3) is 0 Å². The van der Waals surface area contributed by atoms with Crippen LogP contribution in [0.2, 0.25) is 0 Å². The van der Waals surface area contributed by atoms with Crippen molar-refractivity contribution in [1.82, 2.24) is 0 Å². The lowest BCUT2D eigenvalue weighted by Crippen LogP contribution is -2.10. The Balaban J connectivity index is 2.25. The first-order chi connectivity index (χ1) is 8.86. The van der Waals surface area contributed by atoms with Crippen LogP contribution in [-0.4, -0.2) is 23.1 Å². The minimum Gasteiger partial charge on any atom is -0.488 e. The maximum atomic E-state index is 11.8. The van der Waals surface area contributed by atoms with E-state index in [-0.39, 0.29) is 6.10 Å². The van der Waals surface area contributed by atoms with E-state index in [1.165, 1.54) is 6.26 Å². The summed E-state index contributed by atoms with van der Waals surface area (Å²) < 4.78 is 25.3. The molecular formula is C14H22N2O2S. The normalized spacial score (nSPS) is 18.1. The SMILES string of the molecule is CC(C)CNc1ccc(S(C)(=N)=O)cc1OC1CC1. The zero-order chi connectivity index (χ0) is 14.0. The summed E-state index contributed by atoms with van der Waals surface area (Å²) in [6.07, 6.45) is 3.88. The zero-order valence-corrected chi connectivity index (χ0v) is 12.5. The van der Waals surface area contributed by atoms with E-state index in [0.717, 1.165) is 30.8 Å². The van der Waals surface area contributed by atoms with Crippen LogP contribution in [-0.2, 0) is 9.73 Å². The third-order valence-corrected chi connectivity index (χ3v) is 4.08. The lowest BCUT2D eigenvalue weighted by atomic mass is 10.2. The predicted molar refractivity (Wildman–Crippen MR) is 78.5 cm³/mol. The van der Waals surface area contributed by atoms with Crippen LogP contribution in [0, 0.1) is 10.7 Å². The molecule has 0 amide bonds. The average Bonchev–Trinajstić information content (AvgIpc) is 3.09. The van der Waals surface area contributed by atoms with Gasteiger partial charge in [0.05, 0.1) is 26.4 Å². The average molecular weight is 282 g/mol. The zero-order valence-electron chi connectivity index (χ0n) is 11.7. The molecule has 2 rings (SSSR count). The quantitative estimate of drug-likeness (QED) is 0.841. The van der Waals surface area contributed by atoms with Gasteiger partial charge in [0.15, 0.2) is 0 Å². The van der Waals surface area contributed by atoms with Gasteiger partial charge in [-0.1, -0.05) is 13.8 Å². The fourth-order valence-corrected chi connectivity index (χ4v) is 2.33. The topological polar surface area (TPSA) is 62.2 Å². The van der Waals surface area contributed by atoms with Crippen LogP contribution >= 0.6 is 0 Å². The number of benzene rings is 1. The number of anilines is 1. The number of ether oxygens (including phenoxy) is 1. The highest BCUT2D eigenvalue weighted by atomic mass is 32.2. The summed E-state index contributed by atoms with van der Waals surface area (Å²) in [5.41, 5.74) is 0.924. The molecule has 0 radical (unpaired) electrons. The van der Waals surface area contributed by atoms with Crippen LogP contribution in [0.4, 0.5) is 5.69 Å². The van der Waals surface area contributed by atoms with Gasteiger partial charge in [0.2, 0.25) is 0 Å². The fraction of sp³-hybridized carbons (Fsp3) is 0.571. The molecule has 5 heteroatoms. The number of hydrogen-bond donors (Lipinski definition) is 2. The van der Waals surface area contributed by atoms with Crippen LogP contribution in [0.15, 0.2) is 23.1 Å². The number of nitrogens with one attached hydrogen (secondary N) is 2. The van der Waals surface area contributed by atoms with Gasteiger partial charge in [-0.25, -0.2) is 8.99 Å². The van der Waals surface area contributed by atoms with Gasteiger partial charge in [-0.2, -0.15) is 0 Å². The van der Waals surface area contributed by atoms with E-state index < -0.39 is 9.73 Å². The maximum absolute atomic E-state index is 11.8. The molecule has 1 saturated carbocycles. The third kappa shape index (κ3) is 4.13. The first kappa shape index (κ1) is 14.2. The van der Waals surface area contributed by atoms with E-state index >= 15 is 0 Å². The molecular weight excluding hydrogens is 260 g/mol. The molecule has 1 aliphatic rings. The van der Waals surface area contributed by atoms with E-state index in [0.29, 0.717) is 10.8 Å². The molecule has 106 valence electrons.